The molecule has 1 atom stereocenters. The number of anilines is 2. The first kappa shape index (κ1) is 13.9. The van der Waals surface area contributed by atoms with E-state index in [1.807, 2.05) is 38.3 Å². The van der Waals surface area contributed by atoms with Gasteiger partial charge in [-0.15, -0.1) is 16.9 Å². The summed E-state index contributed by atoms with van der Waals surface area (Å²) in [5, 5.41) is 14.4. The van der Waals surface area contributed by atoms with Crippen LogP contribution in [0.1, 0.15) is 25.8 Å². The zero-order valence-corrected chi connectivity index (χ0v) is 12.1. The van der Waals surface area contributed by atoms with Gasteiger partial charge < -0.3 is 15.1 Å². The lowest BCUT2D eigenvalue weighted by Crippen LogP contribution is -2.17. The zero-order chi connectivity index (χ0) is 13.7. The van der Waals surface area contributed by atoms with Crippen molar-refractivity contribution in [1.82, 2.24) is 15.5 Å². The molecule has 0 bridgehead atoms. The Morgan fingerprint density at radius 2 is 2.21 bits per heavy atom. The van der Waals surface area contributed by atoms with E-state index in [1.54, 1.807) is 11.8 Å². The molecule has 2 aromatic rings. The zero-order valence-electron chi connectivity index (χ0n) is 11.3. The normalized spacial score (nSPS) is 12.4. The molecule has 1 unspecified atom stereocenters. The molecular formula is C13H18N4OS. The highest BCUT2D eigenvalue weighted by Crippen LogP contribution is 2.22. The van der Waals surface area contributed by atoms with E-state index in [9.17, 15) is 0 Å². The van der Waals surface area contributed by atoms with Gasteiger partial charge in [-0.3, -0.25) is 0 Å². The van der Waals surface area contributed by atoms with Crippen molar-refractivity contribution in [1.29, 1.82) is 0 Å². The van der Waals surface area contributed by atoms with Crippen molar-refractivity contribution < 1.29 is 4.42 Å². The van der Waals surface area contributed by atoms with Gasteiger partial charge in [-0.2, -0.15) is 0 Å². The Morgan fingerprint density at radius 3 is 2.95 bits per heavy atom. The van der Waals surface area contributed by atoms with Gasteiger partial charge >= 0.3 is 6.01 Å². The van der Waals surface area contributed by atoms with Crippen LogP contribution in [0.15, 0.2) is 33.6 Å². The predicted octanol–water partition coefficient (Wildman–Crippen LogP) is 3.21. The lowest BCUT2D eigenvalue weighted by atomic mass is 10.3. The first-order valence-electron chi connectivity index (χ1n) is 6.20. The van der Waals surface area contributed by atoms with Crippen molar-refractivity contribution in [3.8, 4) is 0 Å². The van der Waals surface area contributed by atoms with Gasteiger partial charge in [0.05, 0.1) is 6.04 Å². The lowest BCUT2D eigenvalue weighted by Gasteiger charge is -2.06. The molecule has 0 aliphatic carbocycles. The van der Waals surface area contributed by atoms with E-state index >= 15 is 0 Å². The van der Waals surface area contributed by atoms with E-state index in [1.165, 1.54) is 4.90 Å². The lowest BCUT2D eigenvalue weighted by molar-refractivity contribution is 0.430. The molecule has 1 aromatic carbocycles. The highest BCUT2D eigenvalue weighted by molar-refractivity contribution is 7.98. The third-order valence-electron chi connectivity index (χ3n) is 2.64. The van der Waals surface area contributed by atoms with Crippen LogP contribution >= 0.6 is 11.8 Å². The number of hydrogen-bond donors (Lipinski definition) is 2. The molecule has 102 valence electrons. The average Bonchev–Trinajstić information content (AvgIpc) is 2.88. The van der Waals surface area contributed by atoms with Crippen LogP contribution in [0.3, 0.4) is 0 Å². The molecule has 0 saturated heterocycles. The summed E-state index contributed by atoms with van der Waals surface area (Å²) in [4.78, 5) is 1.19. The van der Waals surface area contributed by atoms with Crippen molar-refractivity contribution in [2.75, 3.05) is 18.1 Å². The van der Waals surface area contributed by atoms with E-state index in [-0.39, 0.29) is 6.04 Å². The Labute approximate surface area is 117 Å². The number of benzene rings is 1. The molecule has 2 rings (SSSR count). The summed E-state index contributed by atoms with van der Waals surface area (Å²) in [6.45, 7) is 4.90. The Bertz CT molecular complexity index is 529. The molecule has 0 amide bonds. The highest BCUT2D eigenvalue weighted by atomic mass is 32.2. The fourth-order valence-electron chi connectivity index (χ4n) is 1.68. The van der Waals surface area contributed by atoms with Crippen LogP contribution in [0.2, 0.25) is 0 Å². The minimum absolute atomic E-state index is 0.0607. The number of nitrogens with zero attached hydrogens (tertiary/aromatic N) is 2. The molecule has 0 radical (unpaired) electrons. The molecular weight excluding hydrogens is 260 g/mol. The fraction of sp³-hybridized carbons (Fsp3) is 0.385. The number of rotatable bonds is 6. The molecule has 0 saturated carbocycles. The number of aromatic nitrogens is 2. The fourth-order valence-corrected chi connectivity index (χ4v) is 2.14. The van der Waals surface area contributed by atoms with Gasteiger partial charge in [0.15, 0.2) is 0 Å². The van der Waals surface area contributed by atoms with Gasteiger partial charge in [0.2, 0.25) is 5.89 Å². The molecule has 0 fully saturated rings. The summed E-state index contributed by atoms with van der Waals surface area (Å²) < 4.78 is 5.57. The summed E-state index contributed by atoms with van der Waals surface area (Å²) in [5.41, 5.74) is 0.943. The summed E-state index contributed by atoms with van der Waals surface area (Å²) in [7, 11) is 0. The Hall–Kier alpha value is -1.53. The van der Waals surface area contributed by atoms with Crippen LogP contribution in [0, 0.1) is 0 Å². The van der Waals surface area contributed by atoms with Crippen LogP contribution in [-0.4, -0.2) is 23.0 Å². The van der Waals surface area contributed by atoms with Gasteiger partial charge in [0.1, 0.15) is 0 Å². The van der Waals surface area contributed by atoms with E-state index in [4.69, 9.17) is 4.42 Å². The first-order valence-corrected chi connectivity index (χ1v) is 7.43. The highest BCUT2D eigenvalue weighted by Gasteiger charge is 2.12. The van der Waals surface area contributed by atoms with E-state index in [2.05, 4.69) is 26.9 Å². The van der Waals surface area contributed by atoms with Gasteiger partial charge in [0.25, 0.3) is 0 Å². The molecule has 0 spiro atoms. The van der Waals surface area contributed by atoms with Gasteiger partial charge in [0, 0.05) is 10.6 Å². The molecule has 1 heterocycles. The summed E-state index contributed by atoms with van der Waals surface area (Å²) in [6, 6.07) is 8.54. The maximum atomic E-state index is 5.57. The Morgan fingerprint density at radius 1 is 1.37 bits per heavy atom. The number of thioether (sulfide) groups is 1. The van der Waals surface area contributed by atoms with Crippen LogP contribution < -0.4 is 10.6 Å². The minimum Gasteiger partial charge on any atom is -0.406 e. The third-order valence-corrected chi connectivity index (χ3v) is 3.37. The Balaban J connectivity index is 2.06. The summed E-state index contributed by atoms with van der Waals surface area (Å²) in [5.74, 6) is 0.588. The van der Waals surface area contributed by atoms with Crippen molar-refractivity contribution in [3.05, 3.63) is 30.2 Å². The molecule has 19 heavy (non-hydrogen) atoms. The summed E-state index contributed by atoms with van der Waals surface area (Å²) in [6.07, 6.45) is 2.04. The molecule has 0 aliphatic heterocycles. The quantitative estimate of drug-likeness (QED) is 0.791. The van der Waals surface area contributed by atoms with Gasteiger partial charge in [-0.05, 0) is 37.9 Å². The van der Waals surface area contributed by atoms with Crippen LogP contribution in [0.4, 0.5) is 11.7 Å². The number of hydrogen-bond acceptors (Lipinski definition) is 6. The molecule has 6 heteroatoms. The molecule has 2 N–H and O–H groups in total. The van der Waals surface area contributed by atoms with Crippen molar-refractivity contribution in [2.24, 2.45) is 0 Å². The first-order chi connectivity index (χ1) is 9.22. The van der Waals surface area contributed by atoms with Crippen LogP contribution in [0.5, 0.6) is 0 Å². The second-order valence-corrected chi connectivity index (χ2v) is 4.96. The molecule has 1 aromatic heterocycles. The minimum atomic E-state index is 0.0607. The maximum absolute atomic E-state index is 5.57. The van der Waals surface area contributed by atoms with Crippen molar-refractivity contribution >= 4 is 23.5 Å². The largest absolute Gasteiger partial charge is 0.406 e. The van der Waals surface area contributed by atoms with Gasteiger partial charge in [-0.25, -0.2) is 0 Å². The van der Waals surface area contributed by atoms with E-state index < -0.39 is 0 Å². The molecule has 5 nitrogen and oxygen atoms in total. The molecule has 0 aliphatic rings. The van der Waals surface area contributed by atoms with Crippen LogP contribution in [0.25, 0.3) is 0 Å². The monoisotopic (exact) mass is 278 g/mol. The Kier molecular flexibility index (Phi) is 4.81. The third kappa shape index (κ3) is 3.71. The SMILES string of the molecule is CCNC(C)c1nnc(Nc2cccc(SC)c2)o1. The standard InChI is InChI=1S/C13H18N4OS/c1-4-14-9(2)12-16-17-13(18-12)15-10-6-5-7-11(8-10)19-3/h5-9,14H,4H2,1-3H3,(H,15,17). The smallest absolute Gasteiger partial charge is 0.320 e. The second-order valence-electron chi connectivity index (χ2n) is 4.08. The maximum Gasteiger partial charge on any atom is 0.320 e. The number of nitrogens with one attached hydrogen (secondary N) is 2. The van der Waals surface area contributed by atoms with E-state index in [0.717, 1.165) is 12.2 Å². The van der Waals surface area contributed by atoms with Gasteiger partial charge in [-0.1, -0.05) is 18.1 Å². The predicted molar refractivity (Wildman–Crippen MR) is 77.9 cm³/mol. The topological polar surface area (TPSA) is 63.0 Å². The average molecular weight is 278 g/mol. The van der Waals surface area contributed by atoms with E-state index in [0.29, 0.717) is 11.9 Å². The van der Waals surface area contributed by atoms with Crippen molar-refractivity contribution in [3.63, 3.8) is 0 Å². The van der Waals surface area contributed by atoms with Crippen molar-refractivity contribution in [2.45, 2.75) is 24.8 Å². The second kappa shape index (κ2) is 6.58. The van der Waals surface area contributed by atoms with Crippen LogP contribution in [-0.2, 0) is 0 Å². The summed E-state index contributed by atoms with van der Waals surface area (Å²) >= 11 is 1.69.